The Kier molecular flexibility index (Phi) is 3.51. The van der Waals surface area contributed by atoms with E-state index in [4.69, 9.17) is 0 Å². The van der Waals surface area contributed by atoms with Crippen molar-refractivity contribution in [1.29, 1.82) is 0 Å². The van der Waals surface area contributed by atoms with Gasteiger partial charge in [0.15, 0.2) is 0 Å². The summed E-state index contributed by atoms with van der Waals surface area (Å²) in [5.74, 6) is 0. The van der Waals surface area contributed by atoms with Gasteiger partial charge >= 0.3 is 85.7 Å². The molecule has 0 aliphatic heterocycles. The van der Waals surface area contributed by atoms with Gasteiger partial charge in [-0.3, -0.25) is 0 Å². The fourth-order valence-corrected chi connectivity index (χ4v) is 2.15. The molecule has 13 heavy (non-hydrogen) atoms. The Labute approximate surface area is 85.9 Å². The Bertz CT molecular complexity index is 372. The second-order valence-corrected chi connectivity index (χ2v) is 5.18. The molecule has 0 saturated carbocycles. The van der Waals surface area contributed by atoms with Crippen molar-refractivity contribution in [1.82, 2.24) is 0 Å². The molecule has 1 aromatic rings. The molecule has 1 rings (SSSR count). The van der Waals surface area contributed by atoms with Crippen LogP contribution in [-0.4, -0.2) is 25.3 Å². The van der Waals surface area contributed by atoms with E-state index in [-0.39, 0.29) is 4.90 Å². The number of hydrogen-bond donors (Lipinski definition) is 0. The van der Waals surface area contributed by atoms with Crippen LogP contribution in [0, 0.1) is 0 Å². The number of aryl methyl sites for hydroxylation is 1. The molecule has 0 bridgehead atoms. The number of benzene rings is 1. The van der Waals surface area contributed by atoms with Gasteiger partial charge in [-0.15, -0.1) is 0 Å². The van der Waals surface area contributed by atoms with Crippen molar-refractivity contribution in [2.45, 2.75) is 16.5 Å². The summed E-state index contributed by atoms with van der Waals surface area (Å²) in [7, 11) is -4.53. The molecule has 0 saturated heterocycles. The van der Waals surface area contributed by atoms with Gasteiger partial charge in [0.05, 0.1) is 0 Å². The molecular formula is C8H10AsFO2S. The molecule has 0 amide bonds. The molecular weight excluding hydrogens is 254 g/mol. The Morgan fingerprint density at radius 3 is 2.15 bits per heavy atom. The summed E-state index contributed by atoms with van der Waals surface area (Å²) in [6.07, 6.45) is 0.909. The zero-order chi connectivity index (χ0) is 9.90. The van der Waals surface area contributed by atoms with Crippen molar-refractivity contribution in [3.05, 3.63) is 29.8 Å². The maximum absolute atomic E-state index is 12.4. The van der Waals surface area contributed by atoms with Crippen LogP contribution in [0.5, 0.6) is 0 Å². The van der Waals surface area contributed by atoms with Crippen molar-refractivity contribution in [3.8, 4) is 0 Å². The second kappa shape index (κ2) is 4.25. The van der Waals surface area contributed by atoms with Gasteiger partial charge in [0, 0.05) is 0 Å². The molecule has 1 aromatic carbocycles. The zero-order valence-corrected chi connectivity index (χ0v) is 10.1. The minimum atomic E-state index is -4.53. The van der Waals surface area contributed by atoms with Gasteiger partial charge in [-0.05, 0) is 0 Å². The van der Waals surface area contributed by atoms with Crippen LogP contribution < -0.4 is 0 Å². The summed E-state index contributed by atoms with van der Waals surface area (Å²) >= 11 is 1.62. The summed E-state index contributed by atoms with van der Waals surface area (Å²) in [6, 6.07) is 5.89. The molecule has 72 valence electrons. The van der Waals surface area contributed by atoms with Crippen molar-refractivity contribution in [2.75, 3.05) is 0 Å². The molecule has 0 fully saturated rings. The van der Waals surface area contributed by atoms with Crippen LogP contribution in [-0.2, 0) is 16.6 Å². The molecule has 0 aliphatic carbocycles. The van der Waals surface area contributed by atoms with E-state index < -0.39 is 10.2 Å². The predicted octanol–water partition coefficient (Wildman–Crippen LogP) is 0.939. The van der Waals surface area contributed by atoms with Gasteiger partial charge in [-0.2, -0.15) is 0 Å². The molecule has 1 unspecified atom stereocenters. The van der Waals surface area contributed by atoms with Crippen molar-refractivity contribution >= 4 is 27.1 Å². The summed E-state index contributed by atoms with van der Waals surface area (Å²) in [5, 5.41) is 1.05. The van der Waals surface area contributed by atoms with Crippen LogP contribution in [0.1, 0.15) is 5.56 Å². The molecule has 0 spiro atoms. The summed E-state index contributed by atoms with van der Waals surface area (Å²) < 4.78 is 33.3. The van der Waals surface area contributed by atoms with Crippen LogP contribution in [0.3, 0.4) is 0 Å². The Balaban J connectivity index is 2.94. The Morgan fingerprint density at radius 1 is 1.23 bits per heavy atom. The summed E-state index contributed by atoms with van der Waals surface area (Å²) in [5.41, 5.74) is 1.04. The Hall–Kier alpha value is -0.342. The van der Waals surface area contributed by atoms with E-state index in [0.717, 1.165) is 17.2 Å². The normalized spacial score (nSPS) is 11.5. The number of hydrogen-bond acceptors (Lipinski definition) is 2. The van der Waals surface area contributed by atoms with Gasteiger partial charge in [-0.25, -0.2) is 0 Å². The van der Waals surface area contributed by atoms with Crippen molar-refractivity contribution in [3.63, 3.8) is 0 Å². The van der Waals surface area contributed by atoms with E-state index in [1.165, 1.54) is 12.1 Å². The SMILES string of the molecule is O=S(=O)(F)c1ccc(CC[AsH2])cc1. The fourth-order valence-electron chi connectivity index (χ4n) is 0.985. The second-order valence-electron chi connectivity index (χ2n) is 2.62. The standard InChI is InChI=1S/C8H10AsFO2S/c9-6-5-7-1-3-8(4-2-7)13(10,11)12/h1-4H,5-6,9H2. The quantitative estimate of drug-likeness (QED) is 0.601. The van der Waals surface area contributed by atoms with Gasteiger partial charge in [0.1, 0.15) is 0 Å². The van der Waals surface area contributed by atoms with E-state index >= 15 is 0 Å². The van der Waals surface area contributed by atoms with E-state index in [9.17, 15) is 12.3 Å². The Morgan fingerprint density at radius 2 is 1.77 bits per heavy atom. The van der Waals surface area contributed by atoms with Crippen LogP contribution in [0.2, 0.25) is 5.21 Å². The third-order valence-electron chi connectivity index (χ3n) is 1.64. The topological polar surface area (TPSA) is 34.1 Å². The third-order valence-corrected chi connectivity index (χ3v) is 3.08. The molecule has 0 radical (unpaired) electrons. The molecule has 0 aliphatic rings. The number of rotatable bonds is 3. The average Bonchev–Trinajstić information content (AvgIpc) is 2.04. The van der Waals surface area contributed by atoms with Crippen LogP contribution in [0.25, 0.3) is 0 Å². The van der Waals surface area contributed by atoms with E-state index in [1.807, 2.05) is 0 Å². The first-order chi connectivity index (χ1) is 6.04. The van der Waals surface area contributed by atoms with Crippen molar-refractivity contribution < 1.29 is 12.3 Å². The van der Waals surface area contributed by atoms with Gasteiger partial charge in [-0.1, -0.05) is 0 Å². The van der Waals surface area contributed by atoms with E-state index in [1.54, 1.807) is 29.0 Å². The maximum atomic E-state index is 12.4. The minimum absolute atomic E-state index is 0.266. The van der Waals surface area contributed by atoms with Gasteiger partial charge < -0.3 is 0 Å². The molecule has 0 heterocycles. The molecule has 0 N–H and O–H groups in total. The van der Waals surface area contributed by atoms with Gasteiger partial charge in [0.25, 0.3) is 0 Å². The molecule has 5 heteroatoms. The average molecular weight is 264 g/mol. The first-order valence-corrected chi connectivity index (χ1v) is 6.87. The molecule has 1 atom stereocenters. The number of halogens is 1. The summed E-state index contributed by atoms with van der Waals surface area (Å²) in [4.78, 5) is -0.266. The first kappa shape index (κ1) is 10.7. The van der Waals surface area contributed by atoms with E-state index in [0.29, 0.717) is 0 Å². The first-order valence-electron chi connectivity index (χ1n) is 3.77. The van der Waals surface area contributed by atoms with E-state index in [2.05, 4.69) is 0 Å². The zero-order valence-electron chi connectivity index (χ0n) is 6.90. The molecule has 2 nitrogen and oxygen atoms in total. The predicted molar refractivity (Wildman–Crippen MR) is 51.8 cm³/mol. The fraction of sp³-hybridized carbons (Fsp3) is 0.250. The summed E-state index contributed by atoms with van der Waals surface area (Å²) in [6.45, 7) is 0. The monoisotopic (exact) mass is 264 g/mol. The molecule has 0 aromatic heterocycles. The third kappa shape index (κ3) is 3.12. The van der Waals surface area contributed by atoms with Crippen molar-refractivity contribution in [2.24, 2.45) is 0 Å². The van der Waals surface area contributed by atoms with Crippen LogP contribution in [0.15, 0.2) is 29.2 Å². The van der Waals surface area contributed by atoms with Gasteiger partial charge in [0.2, 0.25) is 0 Å². The van der Waals surface area contributed by atoms with Crippen LogP contribution >= 0.6 is 0 Å². The van der Waals surface area contributed by atoms with Crippen LogP contribution in [0.4, 0.5) is 3.89 Å².